The van der Waals surface area contributed by atoms with Crippen molar-refractivity contribution in [3.63, 3.8) is 0 Å². The largest absolute Gasteiger partial charge is 0.482 e. The Labute approximate surface area is 199 Å². The smallest absolute Gasteiger partial charge is 0.404 e. The number of benzene rings is 1. The Kier molecular flexibility index (Phi) is 6.25. The van der Waals surface area contributed by atoms with Gasteiger partial charge in [0.25, 0.3) is 0 Å². The lowest BCUT2D eigenvalue weighted by Crippen LogP contribution is -2.65. The Hall–Kier alpha value is -1.57. The highest BCUT2D eigenvalue weighted by atomic mass is 16.7. The third-order valence-electron chi connectivity index (χ3n) is 9.16. The molecule has 2 saturated heterocycles. The Morgan fingerprint density at radius 2 is 2.03 bits per heavy atom. The first-order valence-electron chi connectivity index (χ1n) is 12.9. The van der Waals surface area contributed by atoms with Crippen molar-refractivity contribution in [2.45, 2.75) is 83.0 Å². The number of carbonyl (C=O) groups is 1. The van der Waals surface area contributed by atoms with Crippen molar-refractivity contribution >= 4 is 13.1 Å². The van der Waals surface area contributed by atoms with Gasteiger partial charge in [-0.15, -0.1) is 0 Å². The molecule has 2 amide bonds. The van der Waals surface area contributed by atoms with Crippen LogP contribution in [0, 0.1) is 17.3 Å². The number of rotatable bonds is 6. The maximum Gasteiger partial charge on any atom is 0.482 e. The monoisotopic (exact) mass is 453 g/mol. The second kappa shape index (κ2) is 8.90. The van der Waals surface area contributed by atoms with E-state index in [1.807, 2.05) is 30.1 Å². The molecule has 0 radical (unpaired) electrons. The molecular formula is C26H40BN3O3. The minimum Gasteiger partial charge on any atom is -0.404 e. The molecule has 33 heavy (non-hydrogen) atoms. The summed E-state index contributed by atoms with van der Waals surface area (Å²) in [4.78, 5) is 15.0. The molecule has 3 aliphatic carbocycles. The molecular weight excluding hydrogens is 413 g/mol. The lowest BCUT2D eigenvalue weighted by molar-refractivity contribution is -0.199. The number of nitrogens with one attached hydrogen (secondary N) is 2. The summed E-state index contributed by atoms with van der Waals surface area (Å²) in [5, 5.41) is 6.82. The average Bonchev–Trinajstić information content (AvgIpc) is 3.17. The topological polar surface area (TPSA) is 62.8 Å². The van der Waals surface area contributed by atoms with Gasteiger partial charge in [0.05, 0.1) is 17.6 Å². The van der Waals surface area contributed by atoms with Gasteiger partial charge in [-0.3, -0.25) is 0 Å². The molecule has 5 unspecified atom stereocenters. The molecule has 5 aliphatic rings. The molecule has 0 spiro atoms. The number of amides is 2. The zero-order chi connectivity index (χ0) is 23.2. The van der Waals surface area contributed by atoms with E-state index in [9.17, 15) is 4.79 Å². The first-order valence-corrected chi connectivity index (χ1v) is 12.9. The summed E-state index contributed by atoms with van der Waals surface area (Å²) in [7, 11) is 1.46. The van der Waals surface area contributed by atoms with E-state index in [-0.39, 0.29) is 23.7 Å². The van der Waals surface area contributed by atoms with Crippen LogP contribution in [0.4, 0.5) is 4.79 Å². The summed E-state index contributed by atoms with van der Waals surface area (Å²) < 4.78 is 13.3. The Bertz CT molecular complexity index is 846. The second-order valence-electron chi connectivity index (χ2n) is 11.6. The van der Waals surface area contributed by atoms with E-state index in [0.717, 1.165) is 19.4 Å². The van der Waals surface area contributed by atoms with E-state index in [4.69, 9.17) is 9.31 Å². The fraction of sp³-hybridized carbons (Fsp3) is 0.731. The molecule has 3 saturated carbocycles. The van der Waals surface area contributed by atoms with Crippen molar-refractivity contribution in [1.82, 2.24) is 15.5 Å². The first kappa shape index (κ1) is 23.2. The van der Waals surface area contributed by atoms with Crippen LogP contribution < -0.4 is 10.6 Å². The molecule has 1 aromatic rings. The van der Waals surface area contributed by atoms with E-state index in [2.05, 4.69) is 43.5 Å². The number of carbonyl (C=O) groups excluding carboxylic acids is 1. The molecule has 2 N–H and O–H groups in total. The van der Waals surface area contributed by atoms with Crippen molar-refractivity contribution in [3.8, 4) is 0 Å². The van der Waals surface area contributed by atoms with E-state index in [1.54, 1.807) is 0 Å². The molecule has 1 aromatic carbocycles. The van der Waals surface area contributed by atoms with Crippen LogP contribution in [-0.2, 0) is 15.7 Å². The minimum atomic E-state index is -0.430. The molecule has 0 aromatic heterocycles. The minimum absolute atomic E-state index is 0.0554. The first-order chi connectivity index (χ1) is 15.8. The molecule has 6 atom stereocenters. The Morgan fingerprint density at radius 1 is 1.24 bits per heavy atom. The van der Waals surface area contributed by atoms with Gasteiger partial charge in [-0.25, -0.2) is 4.79 Å². The van der Waals surface area contributed by atoms with E-state index < -0.39 is 7.12 Å². The summed E-state index contributed by atoms with van der Waals surface area (Å²) in [6.45, 7) is 8.75. The van der Waals surface area contributed by atoms with Crippen LogP contribution in [0.3, 0.4) is 0 Å². The average molecular weight is 453 g/mol. The summed E-state index contributed by atoms with van der Waals surface area (Å²) in [6.07, 6.45) is 6.65. The van der Waals surface area contributed by atoms with Gasteiger partial charge in [-0.1, -0.05) is 50.6 Å². The van der Waals surface area contributed by atoms with Gasteiger partial charge >= 0.3 is 13.1 Å². The predicted molar refractivity (Wildman–Crippen MR) is 131 cm³/mol. The molecule has 6 rings (SSSR count). The molecule has 180 valence electrons. The van der Waals surface area contributed by atoms with E-state index in [1.165, 1.54) is 24.8 Å². The summed E-state index contributed by atoms with van der Waals surface area (Å²) in [5.74, 6) is 0.982. The van der Waals surface area contributed by atoms with Crippen molar-refractivity contribution in [2.24, 2.45) is 17.3 Å². The lowest BCUT2D eigenvalue weighted by atomic mass is 9.43. The maximum absolute atomic E-state index is 13.2. The van der Waals surface area contributed by atoms with Gasteiger partial charge in [0.1, 0.15) is 0 Å². The van der Waals surface area contributed by atoms with Crippen molar-refractivity contribution < 1.29 is 14.1 Å². The Morgan fingerprint density at radius 3 is 2.73 bits per heavy atom. The summed E-state index contributed by atoms with van der Waals surface area (Å²) >= 11 is 0. The van der Waals surface area contributed by atoms with Gasteiger partial charge in [0, 0.05) is 19.6 Å². The van der Waals surface area contributed by atoms with Crippen LogP contribution in [0.2, 0.25) is 0 Å². The highest BCUT2D eigenvalue weighted by Crippen LogP contribution is 2.65. The molecule has 2 aliphatic heterocycles. The van der Waals surface area contributed by atoms with Crippen LogP contribution in [0.25, 0.3) is 0 Å². The zero-order valence-electron chi connectivity index (χ0n) is 20.7. The Balaban J connectivity index is 1.29. The zero-order valence-corrected chi connectivity index (χ0v) is 20.7. The second-order valence-corrected chi connectivity index (χ2v) is 11.6. The van der Waals surface area contributed by atoms with E-state index in [0.29, 0.717) is 36.3 Å². The molecule has 5 fully saturated rings. The van der Waals surface area contributed by atoms with Crippen LogP contribution in [-0.4, -0.2) is 61.9 Å². The van der Waals surface area contributed by atoms with Crippen LogP contribution in [0.1, 0.15) is 58.4 Å². The van der Waals surface area contributed by atoms with Gasteiger partial charge in [0.15, 0.2) is 0 Å². The van der Waals surface area contributed by atoms with Gasteiger partial charge in [-0.2, -0.15) is 0 Å². The van der Waals surface area contributed by atoms with Crippen LogP contribution in [0.5, 0.6) is 0 Å². The van der Waals surface area contributed by atoms with E-state index >= 15 is 0 Å². The van der Waals surface area contributed by atoms with Crippen LogP contribution >= 0.6 is 0 Å². The van der Waals surface area contributed by atoms with Crippen molar-refractivity contribution in [3.05, 3.63) is 35.9 Å². The highest BCUT2D eigenvalue weighted by Gasteiger charge is 2.68. The SMILES string of the molecule is CN(CC1CCCCN1)C(=O)NC(Cc1ccccc1)B1OC2CC3CC(C3(C)C)[C@]2(C)O1. The third kappa shape index (κ3) is 4.32. The molecule has 2 bridgehead atoms. The number of nitrogens with zero attached hydrogens (tertiary/aromatic N) is 1. The third-order valence-corrected chi connectivity index (χ3v) is 9.16. The number of hydrogen-bond donors (Lipinski definition) is 2. The van der Waals surface area contributed by atoms with Gasteiger partial charge in [-0.05, 0) is 68.4 Å². The number of hydrogen-bond acceptors (Lipinski definition) is 4. The maximum atomic E-state index is 13.2. The standard InChI is InChI=1S/C26H40BN3O3/c1-25(2)19-15-21(25)26(3)22(16-19)32-27(33-26)23(14-18-10-6-5-7-11-18)29-24(31)30(4)17-20-12-8-9-13-28-20/h5-7,10-11,19-23,28H,8-9,12-17H2,1-4H3,(H,29,31)/t19?,20?,21?,22?,23?,26-/m0/s1. The predicted octanol–water partition coefficient (Wildman–Crippen LogP) is 3.65. The lowest BCUT2D eigenvalue weighted by Gasteiger charge is -2.64. The van der Waals surface area contributed by atoms with Crippen molar-refractivity contribution in [1.29, 1.82) is 0 Å². The summed E-state index contributed by atoms with van der Waals surface area (Å²) in [6, 6.07) is 10.7. The van der Waals surface area contributed by atoms with Crippen molar-refractivity contribution in [2.75, 3.05) is 20.1 Å². The highest BCUT2D eigenvalue weighted by molar-refractivity contribution is 6.48. The number of urea groups is 1. The molecule has 6 nitrogen and oxygen atoms in total. The molecule has 7 heteroatoms. The fourth-order valence-corrected chi connectivity index (χ4v) is 6.92. The quantitative estimate of drug-likeness (QED) is 0.646. The fourth-order valence-electron chi connectivity index (χ4n) is 6.92. The van der Waals surface area contributed by atoms with Crippen LogP contribution in [0.15, 0.2) is 30.3 Å². The van der Waals surface area contributed by atoms with Gasteiger partial charge < -0.3 is 24.8 Å². The van der Waals surface area contributed by atoms with Gasteiger partial charge in [0.2, 0.25) is 0 Å². The number of piperidine rings is 1. The summed E-state index contributed by atoms with van der Waals surface area (Å²) in [5.41, 5.74) is 1.20. The molecule has 2 heterocycles. The number of likely N-dealkylation sites (N-methyl/N-ethyl adjacent to an activating group) is 1. The normalized spacial score (nSPS) is 35.3.